The molecule has 7 nitrogen and oxygen atoms in total. The Balaban J connectivity index is 0.00000243. The Morgan fingerprint density at radius 3 is 2.46 bits per heavy atom. The van der Waals surface area contributed by atoms with Gasteiger partial charge in [0, 0.05) is 11.9 Å². The van der Waals surface area contributed by atoms with E-state index in [0.29, 0.717) is 0 Å². The molecule has 2 fully saturated rings. The molecule has 9 heteroatoms. The Labute approximate surface area is 178 Å². The number of β-lactam (4-membered cyclic amide) rings is 1. The number of carbonyl (C=O) groups excluding carboxylic acids is 3. The maximum absolute atomic E-state index is 12.7. The van der Waals surface area contributed by atoms with E-state index in [1.165, 1.54) is 23.8 Å². The first kappa shape index (κ1) is 21.2. The molecule has 2 saturated heterocycles. The zero-order valence-corrected chi connectivity index (χ0v) is 18.0. The zero-order chi connectivity index (χ0) is 18.4. The fraction of sp³-hybridized carbons (Fsp3) is 0.471. The molecule has 134 valence electrons. The van der Waals surface area contributed by atoms with Gasteiger partial charge in [0.1, 0.15) is 5.37 Å². The Kier molecular flexibility index (Phi) is 6.14. The van der Waals surface area contributed by atoms with E-state index >= 15 is 0 Å². The summed E-state index contributed by atoms with van der Waals surface area (Å²) < 4.78 is 4.63. The fourth-order valence-electron chi connectivity index (χ4n) is 3.40. The summed E-state index contributed by atoms with van der Waals surface area (Å²) in [5.74, 6) is -2.24. The summed E-state index contributed by atoms with van der Waals surface area (Å²) in [6.07, 6.45) is 0.101. The van der Waals surface area contributed by atoms with Crippen LogP contribution in [-0.2, 0) is 25.5 Å². The number of rotatable bonds is 5. The number of methoxy groups -OCH3 is 1. The Morgan fingerprint density at radius 1 is 1.31 bits per heavy atom. The van der Waals surface area contributed by atoms with Crippen LogP contribution in [0.15, 0.2) is 30.3 Å². The van der Waals surface area contributed by atoms with Crippen molar-refractivity contribution < 1.29 is 53.8 Å². The van der Waals surface area contributed by atoms with Crippen molar-refractivity contribution in [2.45, 2.75) is 42.2 Å². The van der Waals surface area contributed by atoms with Crippen molar-refractivity contribution in [2.75, 3.05) is 7.11 Å². The second-order valence-electron chi connectivity index (χ2n) is 6.66. The molecule has 0 bridgehead atoms. The number of nitrogens with one attached hydrogen (secondary N) is 1. The molecule has 1 N–H and O–H groups in total. The van der Waals surface area contributed by atoms with Crippen LogP contribution in [0.25, 0.3) is 0 Å². The fourth-order valence-corrected chi connectivity index (χ4v) is 5.06. The van der Waals surface area contributed by atoms with Gasteiger partial charge in [0.25, 0.3) is 11.6 Å². The quantitative estimate of drug-likeness (QED) is 0.320. The van der Waals surface area contributed by atoms with Gasteiger partial charge in [-0.3, -0.25) is 9.59 Å². The second kappa shape index (κ2) is 7.52. The van der Waals surface area contributed by atoms with E-state index in [-0.39, 0.29) is 41.9 Å². The van der Waals surface area contributed by atoms with Gasteiger partial charge < -0.3 is 24.9 Å². The van der Waals surface area contributed by atoms with Crippen LogP contribution in [0.3, 0.4) is 0 Å². The Morgan fingerprint density at radius 2 is 1.92 bits per heavy atom. The molecular formula is C17H19N2NaO5S. The molecule has 0 radical (unpaired) electrons. The molecule has 26 heavy (non-hydrogen) atoms. The number of carboxylic acid groups (broad SMARTS) is 1. The first-order valence-electron chi connectivity index (χ1n) is 7.84. The normalized spacial score (nSPS) is 28.6. The third-order valence-corrected chi connectivity index (χ3v) is 6.20. The maximum Gasteiger partial charge on any atom is 1.00 e. The first-order chi connectivity index (χ1) is 11.7. The topological polar surface area (TPSA) is 98.8 Å². The molecule has 2 amide bonds. The molecule has 1 aromatic rings. The summed E-state index contributed by atoms with van der Waals surface area (Å²) in [5.41, 5.74) is -0.736. The van der Waals surface area contributed by atoms with E-state index in [1.807, 2.05) is 30.3 Å². The summed E-state index contributed by atoms with van der Waals surface area (Å²) in [4.78, 5) is 37.8. The van der Waals surface area contributed by atoms with Gasteiger partial charge in [0.05, 0.1) is 18.4 Å². The van der Waals surface area contributed by atoms with Crippen LogP contribution in [-0.4, -0.2) is 51.7 Å². The molecule has 0 aromatic heterocycles. The summed E-state index contributed by atoms with van der Waals surface area (Å²) in [7, 11) is 1.33. The van der Waals surface area contributed by atoms with Crippen LogP contribution in [0.4, 0.5) is 0 Å². The molecule has 2 aliphatic rings. The number of nitrogens with zero attached hydrogens (tertiary/aromatic N) is 1. The van der Waals surface area contributed by atoms with E-state index in [1.54, 1.807) is 13.8 Å². The average molecular weight is 386 g/mol. The number of amides is 2. The number of aliphatic carboxylic acids is 1. The van der Waals surface area contributed by atoms with Gasteiger partial charge in [-0.15, -0.1) is 11.8 Å². The third-order valence-electron chi connectivity index (χ3n) is 4.58. The summed E-state index contributed by atoms with van der Waals surface area (Å²) >= 11 is 1.28. The van der Waals surface area contributed by atoms with E-state index in [0.717, 1.165) is 5.56 Å². The minimum atomic E-state index is -1.54. The van der Waals surface area contributed by atoms with Crippen molar-refractivity contribution in [3.8, 4) is 0 Å². The number of hydrogen-bond donors (Lipinski definition) is 1. The number of ether oxygens (including phenoxy) is 1. The molecule has 0 spiro atoms. The van der Waals surface area contributed by atoms with Crippen LogP contribution >= 0.6 is 11.8 Å². The van der Waals surface area contributed by atoms with Crippen LogP contribution in [0, 0.1) is 0 Å². The van der Waals surface area contributed by atoms with Crippen molar-refractivity contribution in [1.29, 1.82) is 0 Å². The SMILES string of the molecule is CO[C@]1(NC(=O)Cc2ccccc2)C(=O)N2[C@@H](C(=O)[O-])C(C)(C)S[C@@H]21.[Na+]. The van der Waals surface area contributed by atoms with E-state index < -0.39 is 33.8 Å². The molecule has 2 heterocycles. The Hall–Kier alpha value is -1.06. The number of fused-ring (bicyclic) bond motifs is 1. The van der Waals surface area contributed by atoms with Crippen LogP contribution in [0.2, 0.25) is 0 Å². The van der Waals surface area contributed by atoms with Gasteiger partial charge in [-0.25, -0.2) is 0 Å². The predicted molar refractivity (Wildman–Crippen MR) is 89.1 cm³/mol. The van der Waals surface area contributed by atoms with Crippen molar-refractivity contribution in [3.63, 3.8) is 0 Å². The minimum absolute atomic E-state index is 0. The molecule has 0 aliphatic carbocycles. The summed E-state index contributed by atoms with van der Waals surface area (Å²) in [6.45, 7) is 3.46. The van der Waals surface area contributed by atoms with Gasteiger partial charge in [-0.1, -0.05) is 30.3 Å². The summed E-state index contributed by atoms with van der Waals surface area (Å²) in [6, 6.07) is 8.06. The molecule has 0 saturated carbocycles. The predicted octanol–water partition coefficient (Wildman–Crippen LogP) is -3.50. The second-order valence-corrected chi connectivity index (χ2v) is 8.39. The van der Waals surface area contributed by atoms with Crippen molar-refractivity contribution in [2.24, 2.45) is 0 Å². The van der Waals surface area contributed by atoms with E-state index in [9.17, 15) is 19.5 Å². The summed E-state index contributed by atoms with van der Waals surface area (Å²) in [5, 5.41) is 13.5. The maximum atomic E-state index is 12.7. The van der Waals surface area contributed by atoms with Crippen LogP contribution in [0.1, 0.15) is 19.4 Å². The molecule has 2 aliphatic heterocycles. The zero-order valence-electron chi connectivity index (χ0n) is 15.1. The third kappa shape index (κ3) is 3.29. The van der Waals surface area contributed by atoms with Gasteiger partial charge in [-0.2, -0.15) is 0 Å². The molecule has 0 unspecified atom stereocenters. The van der Waals surface area contributed by atoms with E-state index in [2.05, 4.69) is 5.32 Å². The number of carbonyl (C=O) groups is 3. The van der Waals surface area contributed by atoms with Gasteiger partial charge >= 0.3 is 29.6 Å². The Bertz CT molecular complexity index is 729. The number of carboxylic acids is 1. The van der Waals surface area contributed by atoms with Crippen LogP contribution in [0.5, 0.6) is 0 Å². The number of thioether (sulfide) groups is 1. The molecule has 3 rings (SSSR count). The van der Waals surface area contributed by atoms with Gasteiger partial charge in [-0.05, 0) is 19.4 Å². The smallest absolute Gasteiger partial charge is 0.548 e. The average Bonchev–Trinajstić information content (AvgIpc) is 2.82. The van der Waals surface area contributed by atoms with Crippen molar-refractivity contribution in [1.82, 2.24) is 10.2 Å². The molecule has 3 atom stereocenters. The minimum Gasteiger partial charge on any atom is -0.548 e. The van der Waals surface area contributed by atoms with Crippen molar-refractivity contribution in [3.05, 3.63) is 35.9 Å². The van der Waals surface area contributed by atoms with Gasteiger partial charge in [0.2, 0.25) is 5.91 Å². The van der Waals surface area contributed by atoms with Gasteiger partial charge in [0.15, 0.2) is 0 Å². The van der Waals surface area contributed by atoms with Crippen LogP contribution < -0.4 is 40.0 Å². The largest absolute Gasteiger partial charge is 1.00 e. The molecular weight excluding hydrogens is 367 g/mol. The van der Waals surface area contributed by atoms with Crippen molar-refractivity contribution >= 4 is 29.5 Å². The number of hydrogen-bond acceptors (Lipinski definition) is 6. The first-order valence-corrected chi connectivity index (χ1v) is 8.72. The molecule has 1 aromatic carbocycles. The number of benzene rings is 1. The van der Waals surface area contributed by atoms with E-state index in [4.69, 9.17) is 4.74 Å². The monoisotopic (exact) mass is 386 g/mol. The standard InChI is InChI=1S/C17H20N2O5S.Na/c1-16(2)12(13(21)22)19-14(23)17(24-3,15(19)25-16)18-11(20)9-10-7-5-4-6-8-10;/h4-8,12,15H,9H2,1-3H3,(H,18,20)(H,21,22);/q;+1/p-1/t12-,15+,17+;/m0./s1.